The lowest BCUT2D eigenvalue weighted by molar-refractivity contribution is 0.377. The highest BCUT2D eigenvalue weighted by Gasteiger charge is 2.40. The van der Waals surface area contributed by atoms with Gasteiger partial charge in [-0.1, -0.05) is 64.7 Å². The standard InChI is InChI=1S/C20H39N/c1-2-3-4-5-6-7-8-9-10-11-16-21-17-20(18-12-13-18)19-14-15-19/h18-21H,2-17H2,1H3. The van der Waals surface area contributed by atoms with Gasteiger partial charge in [-0.2, -0.15) is 0 Å². The van der Waals surface area contributed by atoms with Crippen LogP contribution in [-0.4, -0.2) is 13.1 Å². The molecule has 0 aromatic carbocycles. The van der Waals surface area contributed by atoms with Gasteiger partial charge < -0.3 is 5.32 Å². The lowest BCUT2D eigenvalue weighted by atomic mass is 9.98. The molecule has 0 radical (unpaired) electrons. The maximum absolute atomic E-state index is 3.75. The van der Waals surface area contributed by atoms with Gasteiger partial charge >= 0.3 is 0 Å². The normalized spacial score (nSPS) is 18.6. The third-order valence-electron chi connectivity index (χ3n) is 5.54. The van der Waals surface area contributed by atoms with Crippen molar-refractivity contribution in [2.24, 2.45) is 17.8 Å². The van der Waals surface area contributed by atoms with Crippen LogP contribution in [0.4, 0.5) is 0 Å². The third-order valence-corrected chi connectivity index (χ3v) is 5.54. The largest absolute Gasteiger partial charge is 0.316 e. The molecule has 0 aromatic heterocycles. The molecule has 0 spiro atoms. The lowest BCUT2D eigenvalue weighted by Gasteiger charge is -2.16. The van der Waals surface area contributed by atoms with Crippen molar-refractivity contribution in [1.29, 1.82) is 0 Å². The molecular formula is C20H39N. The summed E-state index contributed by atoms with van der Waals surface area (Å²) in [4.78, 5) is 0. The maximum Gasteiger partial charge on any atom is -0.00152 e. The Balaban J connectivity index is 1.29. The number of hydrogen-bond acceptors (Lipinski definition) is 1. The van der Waals surface area contributed by atoms with Crippen LogP contribution >= 0.6 is 0 Å². The molecule has 0 aliphatic heterocycles. The van der Waals surface area contributed by atoms with Gasteiger partial charge in [0, 0.05) is 0 Å². The van der Waals surface area contributed by atoms with E-state index in [1.165, 1.54) is 103 Å². The van der Waals surface area contributed by atoms with E-state index in [1.807, 2.05) is 0 Å². The summed E-state index contributed by atoms with van der Waals surface area (Å²) in [6, 6.07) is 0. The van der Waals surface area contributed by atoms with Gasteiger partial charge in [-0.15, -0.1) is 0 Å². The molecule has 2 rings (SSSR count). The first-order valence-electron chi connectivity index (χ1n) is 10.1. The smallest absolute Gasteiger partial charge is 0.00152 e. The summed E-state index contributed by atoms with van der Waals surface area (Å²) in [6.45, 7) is 4.89. The van der Waals surface area contributed by atoms with Crippen LogP contribution in [-0.2, 0) is 0 Å². The Morgan fingerprint density at radius 2 is 1.19 bits per heavy atom. The highest BCUT2D eigenvalue weighted by atomic mass is 14.9. The zero-order valence-corrected chi connectivity index (χ0v) is 14.5. The zero-order chi connectivity index (χ0) is 14.8. The molecule has 0 unspecified atom stereocenters. The van der Waals surface area contributed by atoms with Crippen LogP contribution in [0.3, 0.4) is 0 Å². The first kappa shape index (κ1) is 17.3. The number of rotatable bonds is 15. The van der Waals surface area contributed by atoms with E-state index in [-0.39, 0.29) is 0 Å². The molecule has 0 bridgehead atoms. The van der Waals surface area contributed by atoms with Gasteiger partial charge in [0.2, 0.25) is 0 Å². The molecule has 1 heteroatoms. The molecule has 21 heavy (non-hydrogen) atoms. The van der Waals surface area contributed by atoms with Crippen molar-refractivity contribution in [3.8, 4) is 0 Å². The number of unbranched alkanes of at least 4 members (excludes halogenated alkanes) is 9. The quantitative estimate of drug-likeness (QED) is 0.369. The van der Waals surface area contributed by atoms with E-state index in [1.54, 1.807) is 0 Å². The molecule has 2 aliphatic carbocycles. The summed E-state index contributed by atoms with van der Waals surface area (Å²) in [5.74, 6) is 3.27. The fourth-order valence-electron chi connectivity index (χ4n) is 3.77. The Morgan fingerprint density at radius 3 is 1.67 bits per heavy atom. The molecule has 0 aromatic rings. The molecule has 1 nitrogen and oxygen atoms in total. The highest BCUT2D eigenvalue weighted by molar-refractivity contribution is 4.92. The van der Waals surface area contributed by atoms with Gasteiger partial charge in [0.1, 0.15) is 0 Å². The fourth-order valence-corrected chi connectivity index (χ4v) is 3.77. The van der Waals surface area contributed by atoms with Crippen molar-refractivity contribution in [3.05, 3.63) is 0 Å². The average molecular weight is 294 g/mol. The van der Waals surface area contributed by atoms with E-state index < -0.39 is 0 Å². The predicted molar refractivity (Wildman–Crippen MR) is 93.7 cm³/mol. The Labute approximate surface area is 133 Å². The Bertz CT molecular complexity index is 230. The summed E-state index contributed by atoms with van der Waals surface area (Å²) in [6.07, 6.45) is 20.6. The van der Waals surface area contributed by atoms with Gasteiger partial charge in [-0.25, -0.2) is 0 Å². The van der Waals surface area contributed by atoms with Crippen LogP contribution in [0.5, 0.6) is 0 Å². The Hall–Kier alpha value is -0.0400. The molecule has 0 heterocycles. The molecule has 2 aliphatic rings. The van der Waals surface area contributed by atoms with E-state index in [2.05, 4.69) is 12.2 Å². The van der Waals surface area contributed by atoms with Crippen LogP contribution in [0, 0.1) is 17.8 Å². The molecule has 124 valence electrons. The second kappa shape index (κ2) is 10.6. The minimum Gasteiger partial charge on any atom is -0.316 e. The number of hydrogen-bond donors (Lipinski definition) is 1. The molecule has 2 fully saturated rings. The highest BCUT2D eigenvalue weighted by Crippen LogP contribution is 2.48. The summed E-state index contributed by atoms with van der Waals surface area (Å²) in [5, 5.41) is 3.75. The van der Waals surface area contributed by atoms with E-state index >= 15 is 0 Å². The fraction of sp³-hybridized carbons (Fsp3) is 1.00. The lowest BCUT2D eigenvalue weighted by Crippen LogP contribution is -2.26. The first-order valence-corrected chi connectivity index (χ1v) is 10.1. The molecular weight excluding hydrogens is 254 g/mol. The van der Waals surface area contributed by atoms with Crippen LogP contribution in [0.2, 0.25) is 0 Å². The summed E-state index contributed by atoms with van der Waals surface area (Å²) >= 11 is 0. The summed E-state index contributed by atoms with van der Waals surface area (Å²) in [5.41, 5.74) is 0. The number of nitrogens with one attached hydrogen (secondary N) is 1. The minimum absolute atomic E-state index is 1.05. The summed E-state index contributed by atoms with van der Waals surface area (Å²) in [7, 11) is 0. The van der Waals surface area contributed by atoms with Crippen molar-refractivity contribution in [2.75, 3.05) is 13.1 Å². The van der Waals surface area contributed by atoms with E-state index in [4.69, 9.17) is 0 Å². The zero-order valence-electron chi connectivity index (χ0n) is 14.5. The minimum atomic E-state index is 1.05. The van der Waals surface area contributed by atoms with Gasteiger partial charge in [-0.3, -0.25) is 0 Å². The molecule has 1 N–H and O–H groups in total. The second-order valence-corrected chi connectivity index (χ2v) is 7.72. The van der Waals surface area contributed by atoms with Crippen LogP contribution in [0.15, 0.2) is 0 Å². The molecule has 0 amide bonds. The van der Waals surface area contributed by atoms with Gasteiger partial charge in [0.25, 0.3) is 0 Å². The van der Waals surface area contributed by atoms with Gasteiger partial charge in [0.15, 0.2) is 0 Å². The van der Waals surface area contributed by atoms with Crippen LogP contribution in [0.25, 0.3) is 0 Å². The summed E-state index contributed by atoms with van der Waals surface area (Å²) < 4.78 is 0. The monoisotopic (exact) mass is 293 g/mol. The van der Waals surface area contributed by atoms with Crippen molar-refractivity contribution in [2.45, 2.75) is 96.8 Å². The van der Waals surface area contributed by atoms with Gasteiger partial charge in [-0.05, 0) is 62.9 Å². The Kier molecular flexibility index (Phi) is 8.78. The van der Waals surface area contributed by atoms with E-state index in [9.17, 15) is 0 Å². The van der Waals surface area contributed by atoms with E-state index in [0.29, 0.717) is 0 Å². The van der Waals surface area contributed by atoms with E-state index in [0.717, 1.165) is 17.8 Å². The van der Waals surface area contributed by atoms with Gasteiger partial charge in [0.05, 0.1) is 0 Å². The van der Waals surface area contributed by atoms with Crippen molar-refractivity contribution < 1.29 is 0 Å². The topological polar surface area (TPSA) is 12.0 Å². The Morgan fingerprint density at radius 1 is 0.714 bits per heavy atom. The maximum atomic E-state index is 3.75. The van der Waals surface area contributed by atoms with Crippen molar-refractivity contribution in [1.82, 2.24) is 5.32 Å². The van der Waals surface area contributed by atoms with Crippen molar-refractivity contribution >= 4 is 0 Å². The molecule has 0 atom stereocenters. The van der Waals surface area contributed by atoms with Crippen LogP contribution in [0.1, 0.15) is 96.8 Å². The first-order chi connectivity index (χ1) is 10.4. The third kappa shape index (κ3) is 8.24. The van der Waals surface area contributed by atoms with Crippen molar-refractivity contribution in [3.63, 3.8) is 0 Å². The SMILES string of the molecule is CCCCCCCCCCCCNCC(C1CC1)C1CC1. The second-order valence-electron chi connectivity index (χ2n) is 7.72. The average Bonchev–Trinajstić information content (AvgIpc) is 3.37. The predicted octanol–water partition coefficient (Wildman–Crippen LogP) is 5.93. The molecule has 2 saturated carbocycles. The van der Waals surface area contributed by atoms with Crippen LogP contribution < -0.4 is 5.32 Å². The molecule has 0 saturated heterocycles.